The Hall–Kier alpha value is -1.46. The Morgan fingerprint density at radius 1 is 0.778 bits per heavy atom. The van der Waals surface area contributed by atoms with E-state index in [9.17, 15) is 9.59 Å². The molecule has 0 saturated heterocycles. The van der Waals surface area contributed by atoms with Crippen LogP contribution in [0.25, 0.3) is 0 Å². The van der Waals surface area contributed by atoms with Crippen LogP contribution in [0.3, 0.4) is 0 Å². The van der Waals surface area contributed by atoms with Gasteiger partial charge in [-0.05, 0) is 11.8 Å². The molecule has 0 heterocycles. The lowest BCUT2D eigenvalue weighted by Crippen LogP contribution is -2.29. The summed E-state index contributed by atoms with van der Waals surface area (Å²) >= 11 is 0. The van der Waals surface area contributed by atoms with Crippen LogP contribution < -0.4 is 0 Å². The SMILES string of the molecule is COC(=O)C(N=NC(C(=O)OC)C(C)C)C(C)C. The molecule has 104 valence electrons. The Morgan fingerprint density at radius 2 is 1.06 bits per heavy atom. The molecule has 0 N–H and O–H groups in total. The lowest BCUT2D eigenvalue weighted by atomic mass is 10.1. The normalized spacial score (nSPS) is 14.9. The second-order valence-corrected chi connectivity index (χ2v) is 4.65. The molecule has 0 radical (unpaired) electrons. The molecule has 0 aliphatic rings. The van der Waals surface area contributed by atoms with Crippen molar-refractivity contribution in [3.05, 3.63) is 0 Å². The van der Waals surface area contributed by atoms with Crippen LogP contribution in [0.1, 0.15) is 27.7 Å². The molecule has 0 aliphatic carbocycles. The minimum Gasteiger partial charge on any atom is -0.467 e. The summed E-state index contributed by atoms with van der Waals surface area (Å²) in [5.74, 6) is -1.01. The minimum absolute atomic E-state index is 0.0494. The van der Waals surface area contributed by atoms with E-state index in [0.29, 0.717) is 0 Å². The molecule has 0 amide bonds. The number of nitrogens with zero attached hydrogens (tertiary/aromatic N) is 2. The minimum atomic E-state index is -0.694. The summed E-state index contributed by atoms with van der Waals surface area (Å²) in [5, 5.41) is 7.87. The summed E-state index contributed by atoms with van der Waals surface area (Å²) in [6.45, 7) is 7.35. The first-order chi connectivity index (χ1) is 8.34. The molecule has 0 saturated carbocycles. The summed E-state index contributed by atoms with van der Waals surface area (Å²) in [5.41, 5.74) is 0. The molecule has 0 aliphatic heterocycles. The lowest BCUT2D eigenvalue weighted by Gasteiger charge is -2.16. The van der Waals surface area contributed by atoms with Crippen molar-refractivity contribution in [2.24, 2.45) is 22.1 Å². The predicted octanol–water partition coefficient (Wildman–Crippen LogP) is 1.83. The Bertz CT molecular complexity index is 283. The second-order valence-electron chi connectivity index (χ2n) is 4.65. The maximum Gasteiger partial charge on any atom is 0.332 e. The lowest BCUT2D eigenvalue weighted by molar-refractivity contribution is -0.145. The van der Waals surface area contributed by atoms with Crippen molar-refractivity contribution < 1.29 is 19.1 Å². The molecule has 6 heteroatoms. The van der Waals surface area contributed by atoms with E-state index < -0.39 is 24.0 Å². The van der Waals surface area contributed by atoms with E-state index in [2.05, 4.69) is 19.7 Å². The summed E-state index contributed by atoms with van der Waals surface area (Å²) in [6, 6.07) is -1.39. The van der Waals surface area contributed by atoms with Gasteiger partial charge in [-0.3, -0.25) is 0 Å². The highest BCUT2D eigenvalue weighted by Gasteiger charge is 2.26. The summed E-state index contributed by atoms with van der Waals surface area (Å²) < 4.78 is 9.29. The summed E-state index contributed by atoms with van der Waals surface area (Å²) in [4.78, 5) is 23.0. The number of hydrogen-bond donors (Lipinski definition) is 0. The largest absolute Gasteiger partial charge is 0.467 e. The van der Waals surface area contributed by atoms with Crippen molar-refractivity contribution in [1.82, 2.24) is 0 Å². The topological polar surface area (TPSA) is 77.3 Å². The third-order valence-electron chi connectivity index (χ3n) is 2.46. The second kappa shape index (κ2) is 7.79. The quantitative estimate of drug-likeness (QED) is 0.538. The van der Waals surface area contributed by atoms with Gasteiger partial charge in [0.2, 0.25) is 0 Å². The van der Waals surface area contributed by atoms with Crippen molar-refractivity contribution in [3.8, 4) is 0 Å². The van der Waals surface area contributed by atoms with Gasteiger partial charge >= 0.3 is 11.9 Å². The third-order valence-corrected chi connectivity index (χ3v) is 2.46. The average Bonchev–Trinajstić information content (AvgIpc) is 2.31. The van der Waals surface area contributed by atoms with E-state index in [0.717, 1.165) is 0 Å². The first kappa shape index (κ1) is 16.5. The number of esters is 2. The fraction of sp³-hybridized carbons (Fsp3) is 0.833. The maximum absolute atomic E-state index is 11.5. The molecule has 0 aromatic heterocycles. The number of hydrogen-bond acceptors (Lipinski definition) is 6. The number of carbonyl (C=O) groups excluding carboxylic acids is 2. The molecule has 0 bridgehead atoms. The first-order valence-electron chi connectivity index (χ1n) is 5.90. The molecule has 0 aromatic carbocycles. The zero-order valence-electron chi connectivity index (χ0n) is 11.8. The zero-order valence-corrected chi connectivity index (χ0v) is 11.8. The van der Waals surface area contributed by atoms with E-state index in [1.54, 1.807) is 0 Å². The molecule has 0 aromatic rings. The monoisotopic (exact) mass is 258 g/mol. The summed E-state index contributed by atoms with van der Waals surface area (Å²) in [7, 11) is 2.60. The van der Waals surface area contributed by atoms with Gasteiger partial charge in [0.1, 0.15) is 0 Å². The van der Waals surface area contributed by atoms with Gasteiger partial charge in [0.25, 0.3) is 0 Å². The highest BCUT2D eigenvalue weighted by molar-refractivity contribution is 5.77. The van der Waals surface area contributed by atoms with Gasteiger partial charge in [0, 0.05) is 0 Å². The predicted molar refractivity (Wildman–Crippen MR) is 66.1 cm³/mol. The van der Waals surface area contributed by atoms with Crippen LogP contribution in [0.15, 0.2) is 10.2 Å². The Labute approximate surface area is 108 Å². The molecule has 18 heavy (non-hydrogen) atoms. The third kappa shape index (κ3) is 4.81. The van der Waals surface area contributed by atoms with Crippen molar-refractivity contribution in [2.75, 3.05) is 14.2 Å². The van der Waals surface area contributed by atoms with Crippen molar-refractivity contribution in [2.45, 2.75) is 39.8 Å². The fourth-order valence-electron chi connectivity index (χ4n) is 1.29. The van der Waals surface area contributed by atoms with Crippen LogP contribution in [-0.2, 0) is 19.1 Å². The van der Waals surface area contributed by atoms with Crippen LogP contribution in [0, 0.1) is 11.8 Å². The molecule has 6 nitrogen and oxygen atoms in total. The Kier molecular flexibility index (Phi) is 7.16. The van der Waals surface area contributed by atoms with Gasteiger partial charge in [-0.25, -0.2) is 9.59 Å². The van der Waals surface area contributed by atoms with Crippen molar-refractivity contribution in [1.29, 1.82) is 0 Å². The molecule has 0 fully saturated rings. The maximum atomic E-state index is 11.5. The molecule has 0 rings (SSSR count). The van der Waals surface area contributed by atoms with E-state index in [1.165, 1.54) is 14.2 Å². The highest BCUT2D eigenvalue weighted by atomic mass is 16.5. The number of carbonyl (C=O) groups is 2. The van der Waals surface area contributed by atoms with Gasteiger partial charge in [0.05, 0.1) is 14.2 Å². The van der Waals surface area contributed by atoms with Crippen molar-refractivity contribution in [3.63, 3.8) is 0 Å². The van der Waals surface area contributed by atoms with Crippen molar-refractivity contribution >= 4 is 11.9 Å². The smallest absolute Gasteiger partial charge is 0.332 e. The Morgan fingerprint density at radius 3 is 1.22 bits per heavy atom. The van der Waals surface area contributed by atoms with E-state index in [1.807, 2.05) is 27.7 Å². The average molecular weight is 258 g/mol. The van der Waals surface area contributed by atoms with Gasteiger partial charge < -0.3 is 9.47 Å². The molecular formula is C12H22N2O4. The first-order valence-corrected chi connectivity index (χ1v) is 5.90. The van der Waals surface area contributed by atoms with Gasteiger partial charge in [0.15, 0.2) is 12.1 Å². The van der Waals surface area contributed by atoms with Gasteiger partial charge in [-0.15, -0.1) is 0 Å². The molecular weight excluding hydrogens is 236 g/mol. The van der Waals surface area contributed by atoms with Gasteiger partial charge in [-0.1, -0.05) is 27.7 Å². The zero-order chi connectivity index (χ0) is 14.3. The molecule has 2 atom stereocenters. The van der Waals surface area contributed by atoms with E-state index >= 15 is 0 Å². The number of azo groups is 1. The molecule has 0 spiro atoms. The fourth-order valence-corrected chi connectivity index (χ4v) is 1.29. The van der Waals surface area contributed by atoms with Gasteiger partial charge in [-0.2, -0.15) is 10.2 Å². The Balaban J connectivity index is 4.92. The standard InChI is InChI=1S/C12H22N2O4/c1-7(2)9(11(15)17-5)13-14-10(8(3)4)12(16)18-6/h7-10H,1-6H3. The van der Waals surface area contributed by atoms with Crippen LogP contribution in [0.4, 0.5) is 0 Å². The number of rotatable bonds is 6. The number of methoxy groups -OCH3 is 2. The number of ether oxygens (including phenoxy) is 2. The van der Waals surface area contributed by atoms with E-state index in [4.69, 9.17) is 0 Å². The van der Waals surface area contributed by atoms with Crippen LogP contribution >= 0.6 is 0 Å². The van der Waals surface area contributed by atoms with Crippen LogP contribution in [0.2, 0.25) is 0 Å². The summed E-state index contributed by atoms with van der Waals surface area (Å²) in [6.07, 6.45) is 0. The molecule has 2 unspecified atom stereocenters. The highest BCUT2D eigenvalue weighted by Crippen LogP contribution is 2.13. The van der Waals surface area contributed by atoms with Crippen LogP contribution in [0.5, 0.6) is 0 Å². The van der Waals surface area contributed by atoms with Crippen LogP contribution in [-0.4, -0.2) is 38.2 Å². The van der Waals surface area contributed by atoms with E-state index in [-0.39, 0.29) is 11.8 Å².